The van der Waals surface area contributed by atoms with Gasteiger partial charge >= 0.3 is 0 Å². The molecule has 2 rings (SSSR count). The predicted molar refractivity (Wildman–Crippen MR) is 68.1 cm³/mol. The van der Waals surface area contributed by atoms with Gasteiger partial charge in [-0.1, -0.05) is 22.0 Å². The second-order valence-corrected chi connectivity index (χ2v) is 4.77. The minimum Gasteiger partial charge on any atom is -0.319 e. The van der Waals surface area contributed by atoms with Crippen molar-refractivity contribution in [3.8, 4) is 0 Å². The van der Waals surface area contributed by atoms with Gasteiger partial charge < -0.3 is 5.73 Å². The molecule has 3 nitrogen and oxygen atoms in total. The molecule has 1 aromatic carbocycles. The topological polar surface area (TPSA) is 43.8 Å². The number of nitrogens with two attached hydrogens (primary N) is 1. The van der Waals surface area contributed by atoms with Crippen molar-refractivity contribution in [2.24, 2.45) is 12.8 Å². The van der Waals surface area contributed by atoms with Crippen molar-refractivity contribution in [2.75, 3.05) is 0 Å². The van der Waals surface area contributed by atoms with Crippen molar-refractivity contribution >= 4 is 15.9 Å². The van der Waals surface area contributed by atoms with E-state index in [1.165, 1.54) is 5.56 Å². The summed E-state index contributed by atoms with van der Waals surface area (Å²) in [6, 6.07) is 7.97. The number of halogens is 1. The zero-order valence-corrected chi connectivity index (χ0v) is 10.9. The predicted octanol–water partition coefficient (Wildman–Crippen LogP) is 2.54. The van der Waals surface area contributed by atoms with Gasteiger partial charge in [-0.15, -0.1) is 0 Å². The summed E-state index contributed by atoms with van der Waals surface area (Å²) >= 11 is 3.45. The average Bonchev–Trinajstić information content (AvgIpc) is 2.63. The smallest absolute Gasteiger partial charge is 0.0725 e. The Labute approximate surface area is 103 Å². The molecule has 0 spiro atoms. The van der Waals surface area contributed by atoms with Gasteiger partial charge in [0, 0.05) is 17.7 Å². The Balaban J connectivity index is 2.41. The van der Waals surface area contributed by atoms with Crippen LogP contribution in [-0.2, 0) is 7.05 Å². The Morgan fingerprint density at radius 2 is 2.12 bits per heavy atom. The molecule has 0 bridgehead atoms. The molecule has 0 radical (unpaired) electrons. The molecule has 0 fully saturated rings. The molecule has 1 atom stereocenters. The van der Waals surface area contributed by atoms with Gasteiger partial charge in [-0.2, -0.15) is 5.10 Å². The summed E-state index contributed by atoms with van der Waals surface area (Å²) in [5.41, 5.74) is 9.57. The number of nitrogens with zero attached hydrogens (tertiary/aromatic N) is 2. The van der Waals surface area contributed by atoms with Gasteiger partial charge in [-0.25, -0.2) is 0 Å². The third-order valence-electron chi connectivity index (χ3n) is 2.74. The number of aromatic nitrogens is 2. The Morgan fingerprint density at radius 3 is 2.69 bits per heavy atom. The monoisotopic (exact) mass is 279 g/mol. The molecular weight excluding hydrogens is 266 g/mol. The highest BCUT2D eigenvalue weighted by Gasteiger charge is 2.14. The van der Waals surface area contributed by atoms with E-state index in [0.717, 1.165) is 15.7 Å². The second-order valence-electron chi connectivity index (χ2n) is 3.86. The van der Waals surface area contributed by atoms with E-state index in [9.17, 15) is 0 Å². The van der Waals surface area contributed by atoms with Gasteiger partial charge in [0.25, 0.3) is 0 Å². The summed E-state index contributed by atoms with van der Waals surface area (Å²) in [7, 11) is 1.91. The second kappa shape index (κ2) is 4.39. The van der Waals surface area contributed by atoms with Crippen LogP contribution in [0.2, 0.25) is 0 Å². The lowest BCUT2D eigenvalue weighted by Gasteiger charge is -2.15. The van der Waals surface area contributed by atoms with Crippen LogP contribution in [0.4, 0.5) is 0 Å². The summed E-state index contributed by atoms with van der Waals surface area (Å²) in [5.74, 6) is 0. The molecule has 2 N–H and O–H groups in total. The fourth-order valence-corrected chi connectivity index (χ4v) is 2.31. The largest absolute Gasteiger partial charge is 0.319 e. The standard InChI is InChI=1S/C12H14BrN3/c1-8-7-9(13)3-4-10(8)12(14)11-5-6-15-16(11)2/h3-7,12H,14H2,1-2H3. The van der Waals surface area contributed by atoms with E-state index >= 15 is 0 Å². The van der Waals surface area contributed by atoms with Crippen LogP contribution < -0.4 is 5.73 Å². The van der Waals surface area contributed by atoms with Crippen molar-refractivity contribution in [3.63, 3.8) is 0 Å². The van der Waals surface area contributed by atoms with Crippen molar-refractivity contribution in [1.82, 2.24) is 9.78 Å². The van der Waals surface area contributed by atoms with Crippen LogP contribution in [0.15, 0.2) is 34.9 Å². The number of benzene rings is 1. The fraction of sp³-hybridized carbons (Fsp3) is 0.250. The van der Waals surface area contributed by atoms with Gasteiger partial charge in [0.05, 0.1) is 11.7 Å². The molecule has 0 saturated heterocycles. The molecule has 84 valence electrons. The maximum absolute atomic E-state index is 6.24. The van der Waals surface area contributed by atoms with Gasteiger partial charge in [0.1, 0.15) is 0 Å². The summed E-state index contributed by atoms with van der Waals surface area (Å²) < 4.78 is 2.89. The minimum atomic E-state index is -0.124. The van der Waals surface area contributed by atoms with Crippen LogP contribution in [-0.4, -0.2) is 9.78 Å². The Kier molecular flexibility index (Phi) is 3.12. The van der Waals surface area contributed by atoms with Gasteiger partial charge in [-0.05, 0) is 36.2 Å². The molecule has 0 aliphatic rings. The third-order valence-corrected chi connectivity index (χ3v) is 3.24. The average molecular weight is 280 g/mol. The molecule has 2 aromatic rings. The Bertz CT molecular complexity index is 505. The number of aryl methyl sites for hydroxylation is 2. The molecule has 0 aliphatic carbocycles. The highest BCUT2D eigenvalue weighted by molar-refractivity contribution is 9.10. The molecule has 16 heavy (non-hydrogen) atoms. The summed E-state index contributed by atoms with van der Waals surface area (Å²) in [5, 5.41) is 4.14. The zero-order chi connectivity index (χ0) is 11.7. The summed E-state index contributed by atoms with van der Waals surface area (Å²) in [4.78, 5) is 0. The summed E-state index contributed by atoms with van der Waals surface area (Å²) in [6.07, 6.45) is 1.77. The minimum absolute atomic E-state index is 0.124. The maximum Gasteiger partial charge on any atom is 0.0725 e. The lowest BCUT2D eigenvalue weighted by Crippen LogP contribution is -2.16. The first-order valence-corrected chi connectivity index (χ1v) is 5.88. The normalized spacial score (nSPS) is 12.8. The van der Waals surface area contributed by atoms with Crippen molar-refractivity contribution in [3.05, 3.63) is 51.8 Å². The van der Waals surface area contributed by atoms with Crippen molar-refractivity contribution < 1.29 is 0 Å². The summed E-state index contributed by atoms with van der Waals surface area (Å²) in [6.45, 7) is 2.07. The first kappa shape index (κ1) is 11.4. The third kappa shape index (κ3) is 2.03. The molecule has 1 heterocycles. The van der Waals surface area contributed by atoms with E-state index in [1.807, 2.05) is 23.9 Å². The van der Waals surface area contributed by atoms with Crippen LogP contribution in [0.1, 0.15) is 22.9 Å². The first-order chi connectivity index (χ1) is 7.59. The highest BCUT2D eigenvalue weighted by Crippen LogP contribution is 2.24. The number of rotatable bonds is 2. The first-order valence-electron chi connectivity index (χ1n) is 5.09. The van der Waals surface area contributed by atoms with E-state index in [-0.39, 0.29) is 6.04 Å². The van der Waals surface area contributed by atoms with E-state index < -0.39 is 0 Å². The van der Waals surface area contributed by atoms with Crippen LogP contribution in [0.25, 0.3) is 0 Å². The quantitative estimate of drug-likeness (QED) is 0.918. The van der Waals surface area contributed by atoms with Crippen LogP contribution in [0, 0.1) is 6.92 Å². The van der Waals surface area contributed by atoms with Crippen molar-refractivity contribution in [2.45, 2.75) is 13.0 Å². The van der Waals surface area contributed by atoms with E-state index in [2.05, 4.69) is 40.1 Å². The lowest BCUT2D eigenvalue weighted by atomic mass is 10.00. The molecule has 1 unspecified atom stereocenters. The van der Waals surface area contributed by atoms with Gasteiger partial charge in [-0.3, -0.25) is 4.68 Å². The molecule has 0 amide bonds. The van der Waals surface area contributed by atoms with E-state index in [1.54, 1.807) is 6.20 Å². The maximum atomic E-state index is 6.24. The molecule has 0 aliphatic heterocycles. The van der Waals surface area contributed by atoms with E-state index in [4.69, 9.17) is 5.73 Å². The lowest BCUT2D eigenvalue weighted by molar-refractivity contribution is 0.671. The van der Waals surface area contributed by atoms with Crippen LogP contribution in [0.3, 0.4) is 0 Å². The van der Waals surface area contributed by atoms with Crippen LogP contribution >= 0.6 is 15.9 Å². The molecule has 4 heteroatoms. The zero-order valence-electron chi connectivity index (χ0n) is 9.31. The molecular formula is C12H14BrN3. The molecule has 0 saturated carbocycles. The van der Waals surface area contributed by atoms with E-state index in [0.29, 0.717) is 0 Å². The molecule has 1 aromatic heterocycles. The van der Waals surface area contributed by atoms with Crippen molar-refractivity contribution in [1.29, 1.82) is 0 Å². The van der Waals surface area contributed by atoms with Crippen LogP contribution in [0.5, 0.6) is 0 Å². The SMILES string of the molecule is Cc1cc(Br)ccc1C(N)c1ccnn1C. The van der Waals surface area contributed by atoms with Gasteiger partial charge in [0.2, 0.25) is 0 Å². The highest BCUT2D eigenvalue weighted by atomic mass is 79.9. The van der Waals surface area contributed by atoms with Gasteiger partial charge in [0.15, 0.2) is 0 Å². The Hall–Kier alpha value is -1.13. The number of hydrogen-bond donors (Lipinski definition) is 1. The Morgan fingerprint density at radius 1 is 1.38 bits per heavy atom. The fourth-order valence-electron chi connectivity index (χ4n) is 1.84. The number of hydrogen-bond acceptors (Lipinski definition) is 2.